The monoisotopic (exact) mass is 247 g/mol. The van der Waals surface area contributed by atoms with Crippen molar-refractivity contribution < 1.29 is 0 Å². The van der Waals surface area contributed by atoms with Crippen molar-refractivity contribution in [1.82, 2.24) is 9.78 Å². The number of fused-ring (bicyclic) bond motifs is 1. The van der Waals surface area contributed by atoms with Crippen molar-refractivity contribution in [1.29, 1.82) is 0 Å². The number of nitrogens with zero attached hydrogens (tertiary/aromatic N) is 2. The van der Waals surface area contributed by atoms with E-state index in [1.165, 1.54) is 50.0 Å². The fourth-order valence-corrected chi connectivity index (χ4v) is 3.51. The maximum atomic E-state index is 4.86. The van der Waals surface area contributed by atoms with Crippen molar-refractivity contribution >= 4 is 5.82 Å². The van der Waals surface area contributed by atoms with E-state index in [-0.39, 0.29) is 0 Å². The molecule has 3 heteroatoms. The maximum Gasteiger partial charge on any atom is 0.124 e. The Kier molecular flexibility index (Phi) is 3.31. The topological polar surface area (TPSA) is 29.9 Å². The second-order valence-corrected chi connectivity index (χ2v) is 6.23. The first-order valence-corrected chi connectivity index (χ1v) is 7.59. The van der Waals surface area contributed by atoms with Gasteiger partial charge in [-0.05, 0) is 31.1 Å². The molecule has 3 rings (SSSR count). The summed E-state index contributed by atoms with van der Waals surface area (Å²) in [7, 11) is 0. The molecule has 1 N–H and O–H groups in total. The number of nitrogens with one attached hydrogen (secondary N) is 1. The van der Waals surface area contributed by atoms with Crippen molar-refractivity contribution in [3.05, 3.63) is 11.8 Å². The maximum absolute atomic E-state index is 4.86. The minimum absolute atomic E-state index is 0.525. The van der Waals surface area contributed by atoms with Gasteiger partial charge in [0.15, 0.2) is 0 Å². The Morgan fingerprint density at radius 1 is 1.22 bits per heavy atom. The fraction of sp³-hybridized carbons (Fsp3) is 0.800. The average molecular weight is 247 g/mol. The SMILES string of the molecule is CC(C)c1cc2n(n1)C(C1CCCCC1)CCN2. The molecule has 0 saturated heterocycles. The standard InChI is InChI=1S/C15H25N3/c1-11(2)13-10-15-16-9-8-14(18(15)17-13)12-6-4-3-5-7-12/h10-12,14,16H,3-9H2,1-2H3. The summed E-state index contributed by atoms with van der Waals surface area (Å²) >= 11 is 0. The van der Waals surface area contributed by atoms with Crippen molar-refractivity contribution in [3.63, 3.8) is 0 Å². The van der Waals surface area contributed by atoms with Gasteiger partial charge in [0, 0.05) is 12.6 Å². The zero-order chi connectivity index (χ0) is 12.5. The molecule has 1 fully saturated rings. The summed E-state index contributed by atoms with van der Waals surface area (Å²) in [5.41, 5.74) is 1.24. The molecule has 1 unspecified atom stereocenters. The Morgan fingerprint density at radius 3 is 2.72 bits per heavy atom. The van der Waals surface area contributed by atoms with Gasteiger partial charge in [-0.3, -0.25) is 0 Å². The van der Waals surface area contributed by atoms with E-state index in [9.17, 15) is 0 Å². The Hall–Kier alpha value is -0.990. The van der Waals surface area contributed by atoms with Crippen LogP contribution in [0.1, 0.15) is 70.0 Å². The molecule has 2 aliphatic rings. The summed E-state index contributed by atoms with van der Waals surface area (Å²) in [6.45, 7) is 5.57. The molecule has 1 aliphatic heterocycles. The molecule has 0 bridgehead atoms. The highest BCUT2D eigenvalue weighted by atomic mass is 15.4. The smallest absolute Gasteiger partial charge is 0.124 e. The van der Waals surface area contributed by atoms with Gasteiger partial charge >= 0.3 is 0 Å². The molecular weight excluding hydrogens is 222 g/mol. The van der Waals surface area contributed by atoms with E-state index in [0.717, 1.165) is 12.5 Å². The lowest BCUT2D eigenvalue weighted by atomic mass is 9.82. The van der Waals surface area contributed by atoms with Crippen molar-refractivity contribution in [2.24, 2.45) is 5.92 Å². The zero-order valence-electron chi connectivity index (χ0n) is 11.7. The van der Waals surface area contributed by atoms with Gasteiger partial charge in [-0.15, -0.1) is 0 Å². The molecule has 1 aliphatic carbocycles. The Morgan fingerprint density at radius 2 is 2.00 bits per heavy atom. The van der Waals surface area contributed by atoms with Crippen LogP contribution in [0, 0.1) is 5.92 Å². The number of anilines is 1. The van der Waals surface area contributed by atoms with E-state index >= 15 is 0 Å². The number of aromatic nitrogens is 2. The van der Waals surface area contributed by atoms with E-state index in [0.29, 0.717) is 12.0 Å². The Balaban J connectivity index is 1.86. The Labute approximate surface area is 110 Å². The van der Waals surface area contributed by atoms with E-state index in [4.69, 9.17) is 5.10 Å². The van der Waals surface area contributed by atoms with Crippen LogP contribution in [0.25, 0.3) is 0 Å². The van der Waals surface area contributed by atoms with Gasteiger partial charge in [0.2, 0.25) is 0 Å². The van der Waals surface area contributed by atoms with Crippen LogP contribution >= 0.6 is 0 Å². The zero-order valence-corrected chi connectivity index (χ0v) is 11.7. The molecule has 18 heavy (non-hydrogen) atoms. The van der Waals surface area contributed by atoms with E-state index in [1.807, 2.05) is 0 Å². The number of hydrogen-bond donors (Lipinski definition) is 1. The molecular formula is C15H25N3. The predicted octanol–water partition coefficient (Wildman–Crippen LogP) is 3.94. The summed E-state index contributed by atoms with van der Waals surface area (Å²) in [6.07, 6.45) is 8.33. The fourth-order valence-electron chi connectivity index (χ4n) is 3.51. The van der Waals surface area contributed by atoms with Gasteiger partial charge in [-0.2, -0.15) is 5.10 Å². The summed E-state index contributed by atoms with van der Waals surface area (Å²) in [5.74, 6) is 2.64. The molecule has 0 amide bonds. The molecule has 3 nitrogen and oxygen atoms in total. The van der Waals surface area contributed by atoms with Crippen LogP contribution < -0.4 is 5.32 Å². The molecule has 1 aromatic rings. The molecule has 1 atom stereocenters. The largest absolute Gasteiger partial charge is 0.370 e. The molecule has 1 saturated carbocycles. The van der Waals surface area contributed by atoms with E-state index in [1.54, 1.807) is 0 Å². The van der Waals surface area contributed by atoms with Gasteiger partial charge in [0.05, 0.1) is 11.7 Å². The summed E-state index contributed by atoms with van der Waals surface area (Å²) in [5, 5.41) is 8.37. The average Bonchev–Trinajstić information content (AvgIpc) is 2.83. The highest BCUT2D eigenvalue weighted by Crippen LogP contribution is 2.38. The third kappa shape index (κ3) is 2.15. The van der Waals surface area contributed by atoms with Crippen LogP contribution in [0.15, 0.2) is 6.07 Å². The lowest BCUT2D eigenvalue weighted by molar-refractivity contribution is 0.221. The number of rotatable bonds is 2. The third-order valence-corrected chi connectivity index (χ3v) is 4.60. The molecule has 0 aromatic carbocycles. The lowest BCUT2D eigenvalue weighted by Crippen LogP contribution is -2.30. The van der Waals surface area contributed by atoms with Crippen LogP contribution in [-0.4, -0.2) is 16.3 Å². The van der Waals surface area contributed by atoms with Crippen LogP contribution in [0.2, 0.25) is 0 Å². The second kappa shape index (κ2) is 4.94. The van der Waals surface area contributed by atoms with Crippen LogP contribution in [0.3, 0.4) is 0 Å². The van der Waals surface area contributed by atoms with Crippen molar-refractivity contribution in [3.8, 4) is 0 Å². The quantitative estimate of drug-likeness (QED) is 0.857. The molecule has 0 spiro atoms. The summed E-state index contributed by atoms with van der Waals surface area (Å²) in [4.78, 5) is 0. The summed E-state index contributed by atoms with van der Waals surface area (Å²) in [6, 6.07) is 2.90. The predicted molar refractivity (Wildman–Crippen MR) is 75.0 cm³/mol. The van der Waals surface area contributed by atoms with Gasteiger partial charge in [0.1, 0.15) is 5.82 Å². The first-order chi connectivity index (χ1) is 8.75. The molecule has 1 aromatic heterocycles. The summed E-state index contributed by atoms with van der Waals surface area (Å²) < 4.78 is 2.30. The van der Waals surface area contributed by atoms with Crippen molar-refractivity contribution in [2.45, 2.75) is 64.3 Å². The highest BCUT2D eigenvalue weighted by Gasteiger charge is 2.30. The van der Waals surface area contributed by atoms with Crippen LogP contribution in [-0.2, 0) is 0 Å². The highest BCUT2D eigenvalue weighted by molar-refractivity contribution is 5.40. The molecule has 100 valence electrons. The van der Waals surface area contributed by atoms with Gasteiger partial charge in [-0.25, -0.2) is 4.68 Å². The minimum Gasteiger partial charge on any atom is -0.370 e. The molecule has 2 heterocycles. The van der Waals surface area contributed by atoms with Crippen LogP contribution in [0.4, 0.5) is 5.82 Å². The van der Waals surface area contributed by atoms with Gasteiger partial charge < -0.3 is 5.32 Å². The minimum atomic E-state index is 0.525. The second-order valence-electron chi connectivity index (χ2n) is 6.23. The van der Waals surface area contributed by atoms with Crippen molar-refractivity contribution in [2.75, 3.05) is 11.9 Å². The Bertz CT molecular complexity index is 402. The number of hydrogen-bond acceptors (Lipinski definition) is 2. The lowest BCUT2D eigenvalue weighted by Gasteiger charge is -2.34. The third-order valence-electron chi connectivity index (χ3n) is 4.60. The normalized spacial score (nSPS) is 24.9. The van der Waals surface area contributed by atoms with Gasteiger partial charge in [-0.1, -0.05) is 33.1 Å². The van der Waals surface area contributed by atoms with E-state index in [2.05, 4.69) is 29.9 Å². The first kappa shape index (κ1) is 12.1. The first-order valence-electron chi connectivity index (χ1n) is 7.59. The van der Waals surface area contributed by atoms with Gasteiger partial charge in [0.25, 0.3) is 0 Å². The molecule has 0 radical (unpaired) electrons. The van der Waals surface area contributed by atoms with E-state index < -0.39 is 0 Å². The van der Waals surface area contributed by atoms with Crippen LogP contribution in [0.5, 0.6) is 0 Å².